The molecular formula is C28H27F4N3O4. The summed E-state index contributed by atoms with van der Waals surface area (Å²) in [5.41, 5.74) is -1.35. The highest BCUT2D eigenvalue weighted by molar-refractivity contribution is 5.95. The van der Waals surface area contributed by atoms with Crippen LogP contribution in [0, 0.1) is 17.5 Å². The quantitative estimate of drug-likeness (QED) is 0.255. The second-order valence-corrected chi connectivity index (χ2v) is 8.77. The Morgan fingerprint density at radius 2 is 1.79 bits per heavy atom. The van der Waals surface area contributed by atoms with E-state index in [0.29, 0.717) is 37.1 Å². The molecule has 206 valence electrons. The fourth-order valence-electron chi connectivity index (χ4n) is 3.70. The van der Waals surface area contributed by atoms with Gasteiger partial charge in [-0.05, 0) is 12.6 Å². The standard InChI is InChI=1S/C28H27F4N3O4/c1-18(29)8-9-34(2)10-11-35-15-22(28(38)33-14-21-23(31)12-20(30)13-24(21)32)26(37)27(25(35)16-36)39-17-19-6-4-3-5-7-19/h3-7,12-13,15-16H,1,8-11,14,17H2,2H3,(H,33,38). The van der Waals surface area contributed by atoms with E-state index >= 15 is 0 Å². The molecular weight excluding hydrogens is 518 g/mol. The first-order chi connectivity index (χ1) is 18.6. The van der Waals surface area contributed by atoms with Crippen LogP contribution in [0.5, 0.6) is 5.75 Å². The number of hydrogen-bond acceptors (Lipinski definition) is 5. The molecule has 0 atom stereocenters. The van der Waals surface area contributed by atoms with Crippen molar-refractivity contribution in [3.63, 3.8) is 0 Å². The van der Waals surface area contributed by atoms with Gasteiger partial charge >= 0.3 is 0 Å². The lowest BCUT2D eigenvalue weighted by molar-refractivity contribution is 0.0946. The number of halogens is 4. The predicted molar refractivity (Wildman–Crippen MR) is 137 cm³/mol. The fourth-order valence-corrected chi connectivity index (χ4v) is 3.70. The molecule has 0 saturated heterocycles. The van der Waals surface area contributed by atoms with Crippen LogP contribution in [-0.2, 0) is 19.7 Å². The Kier molecular flexibility index (Phi) is 10.2. The monoisotopic (exact) mass is 545 g/mol. The van der Waals surface area contributed by atoms with E-state index in [1.54, 1.807) is 42.3 Å². The molecule has 1 N–H and O–H groups in total. The van der Waals surface area contributed by atoms with Crippen molar-refractivity contribution in [2.75, 3.05) is 20.1 Å². The zero-order chi connectivity index (χ0) is 28.5. The molecule has 0 unspecified atom stereocenters. The SMILES string of the molecule is C=C(F)CCN(C)CCn1cc(C(=O)NCc2c(F)cc(F)cc2F)c(=O)c(OCc2ccccc2)c1C=O. The predicted octanol–water partition coefficient (Wildman–Crippen LogP) is 4.39. The summed E-state index contributed by atoms with van der Waals surface area (Å²) in [4.78, 5) is 40.0. The Balaban J connectivity index is 1.93. The summed E-state index contributed by atoms with van der Waals surface area (Å²) in [6.45, 7) is 3.24. The van der Waals surface area contributed by atoms with Gasteiger partial charge in [-0.2, -0.15) is 0 Å². The van der Waals surface area contributed by atoms with Crippen LogP contribution in [-0.4, -0.2) is 41.8 Å². The molecule has 2 aromatic carbocycles. The van der Waals surface area contributed by atoms with E-state index in [2.05, 4.69) is 11.9 Å². The number of rotatable bonds is 13. The van der Waals surface area contributed by atoms with Gasteiger partial charge in [0.05, 0.1) is 5.83 Å². The van der Waals surface area contributed by atoms with Crippen molar-refractivity contribution in [3.05, 3.63) is 111 Å². The van der Waals surface area contributed by atoms with Gasteiger partial charge in [-0.15, -0.1) is 0 Å². The molecule has 0 aliphatic heterocycles. The van der Waals surface area contributed by atoms with Gasteiger partial charge in [-0.1, -0.05) is 36.9 Å². The van der Waals surface area contributed by atoms with Crippen LogP contribution >= 0.6 is 0 Å². The minimum atomic E-state index is -1.20. The van der Waals surface area contributed by atoms with E-state index in [1.165, 1.54) is 4.57 Å². The lowest BCUT2D eigenvalue weighted by Gasteiger charge is -2.20. The summed E-state index contributed by atoms with van der Waals surface area (Å²) in [5, 5.41) is 2.26. The van der Waals surface area contributed by atoms with E-state index in [4.69, 9.17) is 4.74 Å². The third kappa shape index (κ3) is 7.87. The molecule has 0 aliphatic carbocycles. The maximum absolute atomic E-state index is 14.0. The van der Waals surface area contributed by atoms with E-state index in [9.17, 15) is 31.9 Å². The normalized spacial score (nSPS) is 10.9. The van der Waals surface area contributed by atoms with Crippen molar-refractivity contribution in [2.24, 2.45) is 0 Å². The van der Waals surface area contributed by atoms with Crippen LogP contribution < -0.4 is 15.5 Å². The molecule has 0 saturated carbocycles. The van der Waals surface area contributed by atoms with Crippen molar-refractivity contribution in [3.8, 4) is 5.75 Å². The fraction of sp³-hybridized carbons (Fsp3) is 0.250. The second-order valence-electron chi connectivity index (χ2n) is 8.77. The maximum Gasteiger partial charge on any atom is 0.257 e. The van der Waals surface area contributed by atoms with Crippen LogP contribution in [0.25, 0.3) is 0 Å². The largest absolute Gasteiger partial charge is 0.483 e. The Morgan fingerprint density at radius 1 is 1.13 bits per heavy atom. The van der Waals surface area contributed by atoms with Gasteiger partial charge in [-0.3, -0.25) is 14.4 Å². The number of aldehydes is 1. The molecule has 1 aromatic heterocycles. The number of nitrogens with one attached hydrogen (secondary N) is 1. The third-order valence-electron chi connectivity index (χ3n) is 5.88. The molecule has 3 aromatic rings. The number of nitrogens with zero attached hydrogens (tertiary/aromatic N) is 2. The summed E-state index contributed by atoms with van der Waals surface area (Å²) < 4.78 is 61.4. The third-order valence-corrected chi connectivity index (χ3v) is 5.88. The zero-order valence-electron chi connectivity index (χ0n) is 21.2. The Morgan fingerprint density at radius 3 is 2.41 bits per heavy atom. The lowest BCUT2D eigenvalue weighted by Crippen LogP contribution is -2.33. The Bertz CT molecular complexity index is 1390. The number of hydrogen-bond donors (Lipinski definition) is 1. The lowest BCUT2D eigenvalue weighted by atomic mass is 10.1. The van der Waals surface area contributed by atoms with Crippen LogP contribution in [0.2, 0.25) is 0 Å². The average molecular weight is 546 g/mol. The number of benzene rings is 2. The molecule has 7 nitrogen and oxygen atoms in total. The van der Waals surface area contributed by atoms with Crippen LogP contribution in [0.4, 0.5) is 17.6 Å². The molecule has 0 aliphatic rings. The number of amides is 1. The van der Waals surface area contributed by atoms with Gasteiger partial charge in [0, 0.05) is 56.5 Å². The first-order valence-corrected chi connectivity index (χ1v) is 11.9. The summed E-state index contributed by atoms with van der Waals surface area (Å²) in [6.07, 6.45) is 1.68. The number of ether oxygens (including phenoxy) is 1. The van der Waals surface area contributed by atoms with E-state index in [0.717, 1.165) is 6.20 Å². The summed E-state index contributed by atoms with van der Waals surface area (Å²) in [7, 11) is 1.72. The number of carbonyl (C=O) groups is 2. The van der Waals surface area contributed by atoms with Gasteiger partial charge in [-0.25, -0.2) is 17.6 Å². The van der Waals surface area contributed by atoms with E-state index in [1.807, 2.05) is 0 Å². The average Bonchev–Trinajstić information content (AvgIpc) is 2.89. The Labute approximate surface area is 222 Å². The molecule has 1 heterocycles. The summed E-state index contributed by atoms with van der Waals surface area (Å²) in [5.74, 6) is -5.36. The molecule has 11 heteroatoms. The van der Waals surface area contributed by atoms with Crippen LogP contribution in [0.15, 0.2) is 65.9 Å². The van der Waals surface area contributed by atoms with Gasteiger partial charge in [0.2, 0.25) is 5.43 Å². The van der Waals surface area contributed by atoms with Crippen molar-refractivity contribution in [1.29, 1.82) is 0 Å². The van der Waals surface area contributed by atoms with E-state index < -0.39 is 52.3 Å². The molecule has 0 bridgehead atoms. The summed E-state index contributed by atoms with van der Waals surface area (Å²) in [6, 6.07) is 9.75. The highest BCUT2D eigenvalue weighted by Crippen LogP contribution is 2.18. The van der Waals surface area contributed by atoms with Gasteiger partial charge in [0.15, 0.2) is 12.0 Å². The van der Waals surface area contributed by atoms with Crippen molar-refractivity contribution in [2.45, 2.75) is 26.1 Å². The molecule has 1 amide bonds. The van der Waals surface area contributed by atoms with Crippen LogP contribution in [0.3, 0.4) is 0 Å². The van der Waals surface area contributed by atoms with Crippen molar-refractivity contribution >= 4 is 12.2 Å². The van der Waals surface area contributed by atoms with Gasteiger partial charge < -0.3 is 19.5 Å². The van der Waals surface area contributed by atoms with Gasteiger partial charge in [0.1, 0.15) is 35.3 Å². The number of pyridine rings is 1. The Hall–Kier alpha value is -4.25. The first kappa shape index (κ1) is 29.3. The smallest absolute Gasteiger partial charge is 0.257 e. The second kappa shape index (κ2) is 13.5. The van der Waals surface area contributed by atoms with E-state index in [-0.39, 0.29) is 31.0 Å². The van der Waals surface area contributed by atoms with Crippen molar-refractivity contribution < 1.29 is 31.9 Å². The van der Waals surface area contributed by atoms with Gasteiger partial charge in [0.25, 0.3) is 5.91 Å². The minimum Gasteiger partial charge on any atom is -0.483 e. The molecule has 39 heavy (non-hydrogen) atoms. The molecule has 3 rings (SSSR count). The highest BCUT2D eigenvalue weighted by Gasteiger charge is 2.22. The topological polar surface area (TPSA) is 80.6 Å². The molecule has 0 spiro atoms. The molecule has 0 radical (unpaired) electrons. The van der Waals surface area contributed by atoms with Crippen LogP contribution in [0.1, 0.15) is 38.4 Å². The summed E-state index contributed by atoms with van der Waals surface area (Å²) >= 11 is 0. The zero-order valence-corrected chi connectivity index (χ0v) is 21.2. The number of carbonyl (C=O) groups excluding carboxylic acids is 2. The molecule has 0 fully saturated rings. The first-order valence-electron chi connectivity index (χ1n) is 11.9. The van der Waals surface area contributed by atoms with Crippen molar-refractivity contribution in [1.82, 2.24) is 14.8 Å². The minimum absolute atomic E-state index is 0.0769. The maximum atomic E-state index is 14.0. The number of aromatic nitrogens is 1. The number of likely N-dealkylation sites (N-methyl/N-ethyl adjacent to an activating group) is 1. The highest BCUT2D eigenvalue weighted by atomic mass is 19.1.